The summed E-state index contributed by atoms with van der Waals surface area (Å²) in [5.74, 6) is 0.757. The highest BCUT2D eigenvalue weighted by atomic mass is 16.5. The summed E-state index contributed by atoms with van der Waals surface area (Å²) in [7, 11) is 0. The molecule has 0 amide bonds. The van der Waals surface area contributed by atoms with E-state index in [9.17, 15) is 4.79 Å². The van der Waals surface area contributed by atoms with E-state index >= 15 is 0 Å². The van der Waals surface area contributed by atoms with Crippen LogP contribution in [-0.4, -0.2) is 19.2 Å². The minimum Gasteiger partial charge on any atom is -0.490 e. The van der Waals surface area contributed by atoms with Gasteiger partial charge in [-0.3, -0.25) is 0 Å². The first-order valence-corrected chi connectivity index (χ1v) is 7.32. The summed E-state index contributed by atoms with van der Waals surface area (Å²) in [5.41, 5.74) is 1.71. The molecule has 0 spiro atoms. The van der Waals surface area contributed by atoms with Crippen molar-refractivity contribution in [1.82, 2.24) is 0 Å². The zero-order valence-corrected chi connectivity index (χ0v) is 12.5. The van der Waals surface area contributed by atoms with Crippen LogP contribution in [0.1, 0.15) is 27.9 Å². The Kier molecular flexibility index (Phi) is 4.44. The quantitative estimate of drug-likeness (QED) is 0.815. The van der Waals surface area contributed by atoms with Crippen molar-refractivity contribution in [1.29, 1.82) is 5.26 Å². The van der Waals surface area contributed by atoms with E-state index in [1.54, 1.807) is 36.4 Å². The van der Waals surface area contributed by atoms with Gasteiger partial charge in [0, 0.05) is 6.42 Å². The maximum Gasteiger partial charge on any atom is 0.338 e. The average molecular weight is 309 g/mol. The van der Waals surface area contributed by atoms with Crippen molar-refractivity contribution in [3.8, 4) is 17.6 Å². The summed E-state index contributed by atoms with van der Waals surface area (Å²) in [6.45, 7) is 1.28. The Hall–Kier alpha value is -3.00. The number of rotatable bonds is 3. The zero-order valence-electron chi connectivity index (χ0n) is 12.5. The van der Waals surface area contributed by atoms with Crippen molar-refractivity contribution < 1.29 is 19.0 Å². The first kappa shape index (κ1) is 14.9. The topological polar surface area (TPSA) is 68.5 Å². The van der Waals surface area contributed by atoms with Crippen LogP contribution < -0.4 is 9.47 Å². The third-order valence-electron chi connectivity index (χ3n) is 3.41. The number of nitriles is 1. The molecule has 0 aliphatic carbocycles. The molecule has 23 heavy (non-hydrogen) atoms. The highest BCUT2D eigenvalue weighted by Crippen LogP contribution is 2.30. The van der Waals surface area contributed by atoms with Crippen LogP contribution >= 0.6 is 0 Å². The minimum absolute atomic E-state index is 0.114. The summed E-state index contributed by atoms with van der Waals surface area (Å²) in [6, 6.07) is 14.0. The van der Waals surface area contributed by atoms with E-state index in [1.165, 1.54) is 0 Å². The lowest BCUT2D eigenvalue weighted by molar-refractivity contribution is 0.0472. The van der Waals surface area contributed by atoms with Crippen molar-refractivity contribution in [2.24, 2.45) is 0 Å². The number of fused-ring (bicyclic) bond motifs is 1. The molecule has 0 unspecified atom stereocenters. The standard InChI is InChI=1S/C18H15NO4/c19-11-13-3-1-4-14(9-13)12-23-18(20)15-5-6-16-17(10-15)22-8-2-7-21-16/h1,3-6,9-10H,2,7-8,12H2. The van der Waals surface area contributed by atoms with Crippen molar-refractivity contribution >= 4 is 5.97 Å². The molecule has 3 rings (SSSR count). The smallest absolute Gasteiger partial charge is 0.338 e. The third-order valence-corrected chi connectivity index (χ3v) is 3.41. The molecule has 1 heterocycles. The van der Waals surface area contributed by atoms with Gasteiger partial charge in [-0.15, -0.1) is 0 Å². The molecule has 0 N–H and O–H groups in total. The first-order chi connectivity index (χ1) is 11.3. The van der Waals surface area contributed by atoms with Crippen molar-refractivity contribution in [2.75, 3.05) is 13.2 Å². The van der Waals surface area contributed by atoms with Crippen LogP contribution in [0.4, 0.5) is 0 Å². The molecule has 0 bridgehead atoms. The predicted molar refractivity (Wildman–Crippen MR) is 82.3 cm³/mol. The molecule has 1 aliphatic heterocycles. The monoisotopic (exact) mass is 309 g/mol. The van der Waals surface area contributed by atoms with E-state index < -0.39 is 5.97 Å². The van der Waals surface area contributed by atoms with Gasteiger partial charge < -0.3 is 14.2 Å². The Balaban J connectivity index is 1.68. The number of esters is 1. The Bertz CT molecular complexity index is 764. The summed E-state index contributed by atoms with van der Waals surface area (Å²) >= 11 is 0. The second-order valence-corrected chi connectivity index (χ2v) is 5.10. The van der Waals surface area contributed by atoms with Crippen LogP contribution in [0, 0.1) is 11.3 Å². The number of hydrogen-bond donors (Lipinski definition) is 0. The molecule has 0 atom stereocenters. The van der Waals surface area contributed by atoms with Crippen LogP contribution in [-0.2, 0) is 11.3 Å². The summed E-state index contributed by atoms with van der Waals surface area (Å²) in [4.78, 5) is 12.2. The number of benzene rings is 2. The number of nitrogens with zero attached hydrogens (tertiary/aromatic N) is 1. The maximum absolute atomic E-state index is 12.2. The lowest BCUT2D eigenvalue weighted by Crippen LogP contribution is -2.06. The van der Waals surface area contributed by atoms with E-state index in [-0.39, 0.29) is 6.61 Å². The van der Waals surface area contributed by atoms with Crippen LogP contribution in [0.25, 0.3) is 0 Å². The maximum atomic E-state index is 12.2. The van der Waals surface area contributed by atoms with E-state index in [4.69, 9.17) is 19.5 Å². The highest BCUT2D eigenvalue weighted by molar-refractivity contribution is 5.90. The zero-order chi connectivity index (χ0) is 16.1. The third kappa shape index (κ3) is 3.61. The molecule has 5 heteroatoms. The highest BCUT2D eigenvalue weighted by Gasteiger charge is 2.15. The van der Waals surface area contributed by atoms with Crippen LogP contribution in [0.2, 0.25) is 0 Å². The largest absolute Gasteiger partial charge is 0.490 e. The van der Waals surface area contributed by atoms with Gasteiger partial charge in [0.2, 0.25) is 0 Å². The molecule has 0 fully saturated rings. The molecular formula is C18H15NO4. The Morgan fingerprint density at radius 3 is 2.78 bits per heavy atom. The van der Waals surface area contributed by atoms with E-state index in [2.05, 4.69) is 6.07 Å². The second kappa shape index (κ2) is 6.84. The summed E-state index contributed by atoms with van der Waals surface area (Å²) in [6.07, 6.45) is 0.809. The van der Waals surface area contributed by atoms with Gasteiger partial charge in [-0.2, -0.15) is 5.26 Å². The number of carbonyl (C=O) groups is 1. The molecule has 116 valence electrons. The molecule has 2 aromatic rings. The molecule has 5 nitrogen and oxygen atoms in total. The summed E-state index contributed by atoms with van der Waals surface area (Å²) in [5, 5.41) is 8.87. The van der Waals surface area contributed by atoms with Gasteiger partial charge in [-0.25, -0.2) is 4.79 Å². The number of carbonyl (C=O) groups excluding carboxylic acids is 1. The Morgan fingerprint density at radius 2 is 1.96 bits per heavy atom. The van der Waals surface area contributed by atoms with E-state index in [0.717, 1.165) is 12.0 Å². The van der Waals surface area contributed by atoms with Gasteiger partial charge >= 0.3 is 5.97 Å². The van der Waals surface area contributed by atoms with E-state index in [1.807, 2.05) is 6.07 Å². The molecule has 1 aliphatic rings. The predicted octanol–water partition coefficient (Wildman–Crippen LogP) is 3.08. The second-order valence-electron chi connectivity index (χ2n) is 5.10. The molecule has 0 radical (unpaired) electrons. The molecular weight excluding hydrogens is 294 g/mol. The van der Waals surface area contributed by atoms with Crippen molar-refractivity contribution in [2.45, 2.75) is 13.0 Å². The lowest BCUT2D eigenvalue weighted by Gasteiger charge is -2.09. The van der Waals surface area contributed by atoms with Crippen LogP contribution in [0.5, 0.6) is 11.5 Å². The fourth-order valence-corrected chi connectivity index (χ4v) is 2.25. The van der Waals surface area contributed by atoms with Gasteiger partial charge in [0.1, 0.15) is 6.61 Å². The lowest BCUT2D eigenvalue weighted by atomic mass is 10.1. The summed E-state index contributed by atoms with van der Waals surface area (Å²) < 4.78 is 16.4. The van der Waals surface area contributed by atoms with Gasteiger partial charge in [-0.1, -0.05) is 12.1 Å². The van der Waals surface area contributed by atoms with Gasteiger partial charge in [-0.05, 0) is 35.9 Å². The number of hydrogen-bond acceptors (Lipinski definition) is 5. The fourth-order valence-electron chi connectivity index (χ4n) is 2.25. The first-order valence-electron chi connectivity index (χ1n) is 7.32. The van der Waals surface area contributed by atoms with Crippen LogP contribution in [0.15, 0.2) is 42.5 Å². The molecule has 0 saturated heterocycles. The molecule has 2 aromatic carbocycles. The van der Waals surface area contributed by atoms with E-state index in [0.29, 0.717) is 35.8 Å². The Labute approximate surface area is 134 Å². The van der Waals surface area contributed by atoms with Crippen molar-refractivity contribution in [3.63, 3.8) is 0 Å². The van der Waals surface area contributed by atoms with Gasteiger partial charge in [0.15, 0.2) is 11.5 Å². The fraction of sp³-hybridized carbons (Fsp3) is 0.222. The molecule has 0 saturated carbocycles. The number of ether oxygens (including phenoxy) is 3. The van der Waals surface area contributed by atoms with Gasteiger partial charge in [0.05, 0.1) is 30.4 Å². The normalized spacial score (nSPS) is 12.8. The minimum atomic E-state index is -0.442. The SMILES string of the molecule is N#Cc1cccc(COC(=O)c2ccc3c(c2)OCCCO3)c1. The average Bonchev–Trinajstić information content (AvgIpc) is 2.84. The molecule has 0 aromatic heterocycles. The van der Waals surface area contributed by atoms with Crippen molar-refractivity contribution in [3.05, 3.63) is 59.2 Å². The van der Waals surface area contributed by atoms with Gasteiger partial charge in [0.25, 0.3) is 0 Å². The van der Waals surface area contributed by atoms with Crippen LogP contribution in [0.3, 0.4) is 0 Å². The Morgan fingerprint density at radius 1 is 1.13 bits per heavy atom.